The van der Waals surface area contributed by atoms with Crippen molar-refractivity contribution in [3.05, 3.63) is 23.4 Å². The van der Waals surface area contributed by atoms with E-state index in [1.54, 1.807) is 4.90 Å². The van der Waals surface area contributed by atoms with Crippen LogP contribution in [-0.2, 0) is 11.0 Å². The molecular weight excluding hydrogens is 361 g/mol. The van der Waals surface area contributed by atoms with Crippen molar-refractivity contribution in [3.63, 3.8) is 0 Å². The Kier molecular flexibility index (Phi) is 5.38. The summed E-state index contributed by atoms with van der Waals surface area (Å²) in [5, 5.41) is 9.27. The Morgan fingerprint density at radius 2 is 2.15 bits per heavy atom. The molecule has 0 radical (unpaired) electrons. The highest BCUT2D eigenvalue weighted by molar-refractivity contribution is 5.80. The molecule has 1 saturated carbocycles. The van der Waals surface area contributed by atoms with E-state index in [0.717, 1.165) is 12.8 Å². The molecule has 0 bridgehead atoms. The number of likely N-dealkylation sites (tertiary alicyclic amines) is 1. The van der Waals surface area contributed by atoms with Crippen molar-refractivity contribution in [3.8, 4) is 5.88 Å². The molecule has 2 atom stereocenters. The standard InChI is InChI=1S/C19H25F3N2O3/c1-3-13(9-25)17(26)24-10-18(11-24)7-6-14(8-18)27-15-5-4-12(2)16(23-15)19(20,21)22/h4-5,13-14,25H,3,6-11H2,1-2H3/t13-,14?/m1/s1. The van der Waals surface area contributed by atoms with Crippen molar-refractivity contribution in [1.82, 2.24) is 9.88 Å². The normalized spacial score (nSPS) is 22.6. The minimum atomic E-state index is -4.50. The maximum atomic E-state index is 13.0. The van der Waals surface area contributed by atoms with Gasteiger partial charge in [0.05, 0.1) is 12.5 Å². The molecule has 150 valence electrons. The summed E-state index contributed by atoms with van der Waals surface area (Å²) < 4.78 is 44.7. The predicted octanol–water partition coefficient (Wildman–Crippen LogP) is 3.19. The van der Waals surface area contributed by atoms with E-state index in [1.165, 1.54) is 19.1 Å². The number of pyridine rings is 1. The van der Waals surface area contributed by atoms with Crippen LogP contribution in [0.4, 0.5) is 13.2 Å². The molecule has 1 aliphatic carbocycles. The summed E-state index contributed by atoms with van der Waals surface area (Å²) >= 11 is 0. The molecule has 2 fully saturated rings. The minimum absolute atomic E-state index is 0.00596. The number of alkyl halides is 3. The summed E-state index contributed by atoms with van der Waals surface area (Å²) in [6.45, 7) is 4.34. The number of aliphatic hydroxyl groups excluding tert-OH is 1. The van der Waals surface area contributed by atoms with Gasteiger partial charge >= 0.3 is 6.18 Å². The van der Waals surface area contributed by atoms with Gasteiger partial charge < -0.3 is 14.7 Å². The molecule has 1 saturated heterocycles. The third-order valence-electron chi connectivity index (χ3n) is 5.71. The second kappa shape index (κ2) is 7.30. The molecule has 1 spiro atoms. The maximum Gasteiger partial charge on any atom is 0.433 e. The van der Waals surface area contributed by atoms with Crippen LogP contribution in [0.15, 0.2) is 12.1 Å². The third-order valence-corrected chi connectivity index (χ3v) is 5.71. The van der Waals surface area contributed by atoms with Gasteiger partial charge in [-0.25, -0.2) is 4.98 Å². The molecule has 0 aromatic carbocycles. The van der Waals surface area contributed by atoms with E-state index >= 15 is 0 Å². The van der Waals surface area contributed by atoms with Crippen molar-refractivity contribution >= 4 is 5.91 Å². The van der Waals surface area contributed by atoms with Crippen LogP contribution in [0.25, 0.3) is 0 Å². The van der Waals surface area contributed by atoms with Gasteiger partial charge in [0.25, 0.3) is 0 Å². The number of hydrogen-bond acceptors (Lipinski definition) is 4. The van der Waals surface area contributed by atoms with Crippen LogP contribution in [0.1, 0.15) is 43.9 Å². The Morgan fingerprint density at radius 3 is 2.74 bits per heavy atom. The second-order valence-electron chi connectivity index (χ2n) is 7.78. The summed E-state index contributed by atoms with van der Waals surface area (Å²) in [4.78, 5) is 17.7. The largest absolute Gasteiger partial charge is 0.474 e. The topological polar surface area (TPSA) is 62.7 Å². The predicted molar refractivity (Wildman–Crippen MR) is 92.1 cm³/mol. The second-order valence-corrected chi connectivity index (χ2v) is 7.78. The zero-order valence-corrected chi connectivity index (χ0v) is 15.6. The van der Waals surface area contributed by atoms with Crippen molar-refractivity contribution < 1.29 is 27.8 Å². The lowest BCUT2D eigenvalue weighted by molar-refractivity contribution is -0.149. The number of hydrogen-bond donors (Lipinski definition) is 1. The Hall–Kier alpha value is -1.83. The molecule has 1 unspecified atom stereocenters. The van der Waals surface area contributed by atoms with Gasteiger partial charge in [0.2, 0.25) is 11.8 Å². The van der Waals surface area contributed by atoms with E-state index in [4.69, 9.17) is 4.74 Å². The molecular formula is C19H25F3N2O3. The first-order valence-corrected chi connectivity index (χ1v) is 9.28. The molecule has 1 aromatic rings. The molecule has 27 heavy (non-hydrogen) atoms. The van der Waals surface area contributed by atoms with Crippen LogP contribution < -0.4 is 4.74 Å². The average molecular weight is 386 g/mol. The van der Waals surface area contributed by atoms with Crippen molar-refractivity contribution in [1.29, 1.82) is 0 Å². The Bertz CT molecular complexity index is 698. The van der Waals surface area contributed by atoms with E-state index in [9.17, 15) is 23.1 Å². The molecule has 3 rings (SSSR count). The van der Waals surface area contributed by atoms with Crippen LogP contribution in [0.5, 0.6) is 5.88 Å². The smallest absolute Gasteiger partial charge is 0.433 e. The SMILES string of the molecule is CC[C@H](CO)C(=O)N1CC2(CCC(Oc3ccc(C)c(C(F)(F)F)n3)C2)C1. The maximum absolute atomic E-state index is 13.0. The van der Waals surface area contributed by atoms with Crippen molar-refractivity contribution in [2.75, 3.05) is 19.7 Å². The van der Waals surface area contributed by atoms with Gasteiger partial charge in [-0.3, -0.25) is 4.79 Å². The first-order valence-electron chi connectivity index (χ1n) is 9.28. The number of aromatic nitrogens is 1. The summed E-state index contributed by atoms with van der Waals surface area (Å²) in [5.74, 6) is -0.382. The summed E-state index contributed by atoms with van der Waals surface area (Å²) in [6, 6.07) is 2.85. The zero-order valence-electron chi connectivity index (χ0n) is 15.6. The zero-order chi connectivity index (χ0) is 19.8. The number of aliphatic hydroxyl groups is 1. The minimum Gasteiger partial charge on any atom is -0.474 e. The first-order chi connectivity index (χ1) is 12.7. The first kappa shape index (κ1) is 19.9. The van der Waals surface area contributed by atoms with Gasteiger partial charge in [-0.2, -0.15) is 13.2 Å². The van der Waals surface area contributed by atoms with Gasteiger partial charge in [0, 0.05) is 24.6 Å². The molecule has 5 nitrogen and oxygen atoms in total. The number of carbonyl (C=O) groups is 1. The van der Waals surface area contributed by atoms with Crippen LogP contribution in [0.3, 0.4) is 0 Å². The Balaban J connectivity index is 1.58. The highest BCUT2D eigenvalue weighted by atomic mass is 19.4. The number of ether oxygens (including phenoxy) is 1. The molecule has 1 amide bonds. The van der Waals surface area contributed by atoms with Gasteiger partial charge in [-0.05, 0) is 38.2 Å². The fraction of sp³-hybridized carbons (Fsp3) is 0.684. The van der Waals surface area contributed by atoms with Crippen LogP contribution in [0, 0.1) is 18.3 Å². The van der Waals surface area contributed by atoms with Crippen molar-refractivity contribution in [2.24, 2.45) is 11.3 Å². The molecule has 8 heteroatoms. The molecule has 2 heterocycles. The highest BCUT2D eigenvalue weighted by Gasteiger charge is 2.51. The van der Waals surface area contributed by atoms with E-state index < -0.39 is 11.9 Å². The number of halogens is 3. The van der Waals surface area contributed by atoms with Crippen LogP contribution >= 0.6 is 0 Å². The van der Waals surface area contributed by atoms with E-state index in [2.05, 4.69) is 4.98 Å². The molecule has 1 N–H and O–H groups in total. The molecule has 1 aliphatic heterocycles. The lowest BCUT2D eigenvalue weighted by Crippen LogP contribution is -2.59. The van der Waals surface area contributed by atoms with Gasteiger partial charge in [0.15, 0.2) is 5.69 Å². The Labute approximate surface area is 156 Å². The lowest BCUT2D eigenvalue weighted by Gasteiger charge is -2.49. The van der Waals surface area contributed by atoms with Crippen molar-refractivity contribution in [2.45, 2.75) is 51.8 Å². The number of rotatable bonds is 5. The van der Waals surface area contributed by atoms with E-state index in [0.29, 0.717) is 25.9 Å². The molecule has 2 aliphatic rings. The van der Waals surface area contributed by atoms with Gasteiger partial charge in [-0.1, -0.05) is 13.0 Å². The summed E-state index contributed by atoms with van der Waals surface area (Å²) in [7, 11) is 0. The highest BCUT2D eigenvalue weighted by Crippen LogP contribution is 2.47. The van der Waals surface area contributed by atoms with Gasteiger partial charge in [0.1, 0.15) is 6.10 Å². The summed E-state index contributed by atoms with van der Waals surface area (Å²) in [6.07, 6.45) is -1.80. The fourth-order valence-electron chi connectivity index (χ4n) is 4.14. The average Bonchev–Trinajstić information content (AvgIpc) is 2.99. The quantitative estimate of drug-likeness (QED) is 0.844. The summed E-state index contributed by atoms with van der Waals surface area (Å²) in [5.41, 5.74) is -0.867. The van der Waals surface area contributed by atoms with E-state index in [-0.39, 0.29) is 41.4 Å². The fourth-order valence-corrected chi connectivity index (χ4v) is 4.14. The number of nitrogens with zero attached hydrogens (tertiary/aromatic N) is 2. The van der Waals surface area contributed by atoms with Crippen LogP contribution in [-0.4, -0.2) is 46.7 Å². The number of carbonyl (C=O) groups excluding carboxylic acids is 1. The number of amides is 1. The molecule has 1 aromatic heterocycles. The van der Waals surface area contributed by atoms with Crippen LogP contribution in [0.2, 0.25) is 0 Å². The number of aryl methyl sites for hydroxylation is 1. The third kappa shape index (κ3) is 4.05. The monoisotopic (exact) mass is 386 g/mol. The Morgan fingerprint density at radius 1 is 1.44 bits per heavy atom. The van der Waals surface area contributed by atoms with Gasteiger partial charge in [-0.15, -0.1) is 0 Å². The lowest BCUT2D eigenvalue weighted by atomic mass is 9.77. The van der Waals surface area contributed by atoms with E-state index in [1.807, 2.05) is 6.92 Å².